The van der Waals surface area contributed by atoms with Gasteiger partial charge in [-0.1, -0.05) is 20.8 Å². The Hall–Kier alpha value is -1.98. The lowest BCUT2D eigenvalue weighted by Gasteiger charge is -2.17. The van der Waals surface area contributed by atoms with E-state index in [2.05, 4.69) is 0 Å². The van der Waals surface area contributed by atoms with Gasteiger partial charge in [-0.2, -0.15) is 0 Å². The maximum absolute atomic E-state index is 10.7. The van der Waals surface area contributed by atoms with Crippen LogP contribution in [0.25, 0.3) is 0 Å². The van der Waals surface area contributed by atoms with Crippen molar-refractivity contribution in [2.45, 2.75) is 27.2 Å². The monoisotopic (exact) mass is 238 g/mol. The molecule has 0 atom stereocenters. The zero-order chi connectivity index (χ0) is 13.2. The number of nitro groups is 2. The molecule has 0 aliphatic carbocycles. The van der Waals surface area contributed by atoms with E-state index in [1.54, 1.807) is 0 Å². The van der Waals surface area contributed by atoms with Crippen LogP contribution in [-0.2, 0) is 6.42 Å². The van der Waals surface area contributed by atoms with Crippen molar-refractivity contribution in [2.24, 2.45) is 5.41 Å². The maximum atomic E-state index is 10.7. The van der Waals surface area contributed by atoms with Gasteiger partial charge in [0.05, 0.1) is 15.9 Å². The second-order valence-electron chi connectivity index (χ2n) is 5.11. The number of benzene rings is 1. The van der Waals surface area contributed by atoms with Crippen molar-refractivity contribution in [2.75, 3.05) is 0 Å². The number of nitro benzene ring substituents is 2. The number of hydrogen-bond acceptors (Lipinski definition) is 4. The molecule has 0 radical (unpaired) electrons. The van der Waals surface area contributed by atoms with E-state index < -0.39 is 9.85 Å². The van der Waals surface area contributed by atoms with Crippen molar-refractivity contribution in [3.63, 3.8) is 0 Å². The molecular formula is C11H14N2O4. The van der Waals surface area contributed by atoms with Gasteiger partial charge in [0, 0.05) is 12.1 Å². The van der Waals surface area contributed by atoms with Gasteiger partial charge in [-0.15, -0.1) is 0 Å². The minimum Gasteiger partial charge on any atom is -0.258 e. The SMILES string of the molecule is CC(C)(C)Cc1cc([N+](=O)[O-])cc([N+](=O)[O-])c1. The number of non-ortho nitro benzene ring substituents is 2. The molecule has 0 aliphatic rings. The van der Waals surface area contributed by atoms with Crippen LogP contribution in [0, 0.1) is 25.6 Å². The largest absolute Gasteiger partial charge is 0.276 e. The third-order valence-corrected chi connectivity index (χ3v) is 2.12. The number of hydrogen-bond donors (Lipinski definition) is 0. The molecule has 0 saturated carbocycles. The molecule has 1 aromatic carbocycles. The Morgan fingerprint density at radius 1 is 1.00 bits per heavy atom. The molecular weight excluding hydrogens is 224 g/mol. The zero-order valence-electron chi connectivity index (χ0n) is 9.97. The Labute approximate surface area is 98.6 Å². The molecule has 6 nitrogen and oxygen atoms in total. The van der Waals surface area contributed by atoms with E-state index in [-0.39, 0.29) is 16.8 Å². The van der Waals surface area contributed by atoms with Crippen LogP contribution in [0.4, 0.5) is 11.4 Å². The molecule has 0 bridgehead atoms. The van der Waals surface area contributed by atoms with Crippen LogP contribution in [0.5, 0.6) is 0 Å². The first kappa shape index (κ1) is 13.1. The first-order valence-corrected chi connectivity index (χ1v) is 5.12. The lowest BCUT2D eigenvalue weighted by atomic mass is 9.88. The first-order chi connectivity index (χ1) is 7.69. The van der Waals surface area contributed by atoms with Crippen LogP contribution < -0.4 is 0 Å². The summed E-state index contributed by atoms with van der Waals surface area (Å²) < 4.78 is 0. The second-order valence-corrected chi connectivity index (χ2v) is 5.11. The molecule has 0 spiro atoms. The molecule has 0 saturated heterocycles. The lowest BCUT2D eigenvalue weighted by molar-refractivity contribution is -0.394. The predicted octanol–water partition coefficient (Wildman–Crippen LogP) is 3.09. The molecule has 0 aromatic heterocycles. The van der Waals surface area contributed by atoms with Crippen LogP contribution in [0.3, 0.4) is 0 Å². The van der Waals surface area contributed by atoms with Gasteiger partial charge >= 0.3 is 0 Å². The summed E-state index contributed by atoms with van der Waals surface area (Å²) in [7, 11) is 0. The average Bonchev–Trinajstić information content (AvgIpc) is 2.14. The molecule has 0 aliphatic heterocycles. The highest BCUT2D eigenvalue weighted by molar-refractivity contribution is 5.46. The van der Waals surface area contributed by atoms with Crippen LogP contribution >= 0.6 is 0 Å². The van der Waals surface area contributed by atoms with Crippen molar-refractivity contribution in [3.8, 4) is 0 Å². The Kier molecular flexibility index (Phi) is 3.45. The van der Waals surface area contributed by atoms with Gasteiger partial charge < -0.3 is 0 Å². The van der Waals surface area contributed by atoms with Crippen LogP contribution in [0.1, 0.15) is 26.3 Å². The van der Waals surface area contributed by atoms with E-state index in [0.717, 1.165) is 6.07 Å². The summed E-state index contributed by atoms with van der Waals surface area (Å²) in [6, 6.07) is 3.75. The standard InChI is InChI=1S/C11H14N2O4/c1-11(2,3)7-8-4-9(12(14)15)6-10(5-8)13(16)17/h4-6H,7H2,1-3H3. The second kappa shape index (κ2) is 4.48. The molecule has 92 valence electrons. The van der Waals surface area contributed by atoms with Crippen molar-refractivity contribution < 1.29 is 9.85 Å². The minimum atomic E-state index is -0.612. The van der Waals surface area contributed by atoms with Gasteiger partial charge in [0.15, 0.2) is 0 Å². The van der Waals surface area contributed by atoms with Gasteiger partial charge in [0.2, 0.25) is 0 Å². The molecule has 17 heavy (non-hydrogen) atoms. The predicted molar refractivity (Wildman–Crippen MR) is 62.9 cm³/mol. The highest BCUT2D eigenvalue weighted by Gasteiger charge is 2.19. The van der Waals surface area contributed by atoms with Gasteiger partial charge in [-0.25, -0.2) is 0 Å². The molecule has 1 rings (SSSR count). The van der Waals surface area contributed by atoms with Crippen LogP contribution in [0.15, 0.2) is 18.2 Å². The van der Waals surface area contributed by atoms with E-state index in [1.165, 1.54) is 12.1 Å². The molecule has 1 aromatic rings. The molecule has 0 N–H and O–H groups in total. The summed E-state index contributed by atoms with van der Waals surface area (Å²) in [4.78, 5) is 20.1. The molecule has 0 amide bonds. The quantitative estimate of drug-likeness (QED) is 0.598. The molecule has 0 heterocycles. The highest BCUT2D eigenvalue weighted by atomic mass is 16.6. The lowest BCUT2D eigenvalue weighted by Crippen LogP contribution is -2.09. The van der Waals surface area contributed by atoms with Gasteiger partial charge in [-0.05, 0) is 17.4 Å². The number of nitrogens with zero attached hydrogens (tertiary/aromatic N) is 2. The van der Waals surface area contributed by atoms with Crippen molar-refractivity contribution >= 4 is 11.4 Å². The van der Waals surface area contributed by atoms with E-state index in [4.69, 9.17) is 0 Å². The summed E-state index contributed by atoms with van der Waals surface area (Å²) in [5.41, 5.74) is 0.0543. The zero-order valence-corrected chi connectivity index (χ0v) is 9.97. The third kappa shape index (κ3) is 3.82. The van der Waals surface area contributed by atoms with E-state index in [0.29, 0.717) is 12.0 Å². The van der Waals surface area contributed by atoms with Gasteiger partial charge in [-0.3, -0.25) is 20.2 Å². The Morgan fingerprint density at radius 2 is 1.41 bits per heavy atom. The Morgan fingerprint density at radius 3 is 1.71 bits per heavy atom. The fourth-order valence-corrected chi connectivity index (χ4v) is 1.58. The first-order valence-electron chi connectivity index (χ1n) is 5.12. The smallest absolute Gasteiger partial charge is 0.258 e. The Balaban J connectivity index is 3.22. The average molecular weight is 238 g/mol. The van der Waals surface area contributed by atoms with Crippen molar-refractivity contribution in [3.05, 3.63) is 44.0 Å². The van der Waals surface area contributed by atoms with E-state index >= 15 is 0 Å². The molecule has 0 unspecified atom stereocenters. The summed E-state index contributed by atoms with van der Waals surface area (Å²) in [6.45, 7) is 5.91. The summed E-state index contributed by atoms with van der Waals surface area (Å²) in [5, 5.41) is 21.4. The van der Waals surface area contributed by atoms with Crippen molar-refractivity contribution in [1.82, 2.24) is 0 Å². The van der Waals surface area contributed by atoms with E-state index in [9.17, 15) is 20.2 Å². The number of rotatable bonds is 3. The van der Waals surface area contributed by atoms with Gasteiger partial charge in [0.25, 0.3) is 11.4 Å². The summed E-state index contributed by atoms with van der Waals surface area (Å²) in [6.07, 6.45) is 0.551. The fourth-order valence-electron chi connectivity index (χ4n) is 1.58. The molecule has 6 heteroatoms. The van der Waals surface area contributed by atoms with E-state index in [1.807, 2.05) is 20.8 Å². The maximum Gasteiger partial charge on any atom is 0.276 e. The molecule has 0 fully saturated rings. The highest BCUT2D eigenvalue weighted by Crippen LogP contribution is 2.27. The van der Waals surface area contributed by atoms with Gasteiger partial charge in [0.1, 0.15) is 0 Å². The minimum absolute atomic E-state index is 0.0803. The normalized spacial score (nSPS) is 11.2. The topological polar surface area (TPSA) is 86.3 Å². The summed E-state index contributed by atoms with van der Waals surface area (Å²) >= 11 is 0. The van der Waals surface area contributed by atoms with Crippen molar-refractivity contribution in [1.29, 1.82) is 0 Å². The third-order valence-electron chi connectivity index (χ3n) is 2.12. The van der Waals surface area contributed by atoms with Crippen LogP contribution in [-0.4, -0.2) is 9.85 Å². The fraction of sp³-hybridized carbons (Fsp3) is 0.455. The van der Waals surface area contributed by atoms with Crippen LogP contribution in [0.2, 0.25) is 0 Å². The summed E-state index contributed by atoms with van der Waals surface area (Å²) in [5.74, 6) is 0. The Bertz CT molecular complexity index is 431.